The fourth-order valence-electron chi connectivity index (χ4n) is 3.67. The zero-order valence-electron chi connectivity index (χ0n) is 17.2. The highest BCUT2D eigenvalue weighted by molar-refractivity contribution is 7.88. The van der Waals surface area contributed by atoms with Crippen molar-refractivity contribution in [3.63, 3.8) is 0 Å². The van der Waals surface area contributed by atoms with Crippen LogP contribution >= 0.6 is 0 Å². The van der Waals surface area contributed by atoms with E-state index in [1.165, 1.54) is 6.07 Å². The van der Waals surface area contributed by atoms with Gasteiger partial charge in [0, 0.05) is 17.7 Å². The molecule has 1 aromatic heterocycles. The van der Waals surface area contributed by atoms with Gasteiger partial charge in [-0.3, -0.25) is 0 Å². The van der Waals surface area contributed by atoms with E-state index in [1.54, 1.807) is 34.9 Å². The van der Waals surface area contributed by atoms with Crippen molar-refractivity contribution in [3.05, 3.63) is 83.9 Å². The van der Waals surface area contributed by atoms with Gasteiger partial charge in [-0.1, -0.05) is 48.5 Å². The number of pyridine rings is 1. The highest BCUT2D eigenvalue weighted by atomic mass is 32.2. The number of para-hydroxylation sites is 1. The fraction of sp³-hybridized carbons (Fsp3) is 0.130. The van der Waals surface area contributed by atoms with Crippen molar-refractivity contribution in [2.45, 2.75) is 12.1 Å². The van der Waals surface area contributed by atoms with Gasteiger partial charge >= 0.3 is 21.6 Å². The molecule has 0 saturated carbocycles. The van der Waals surface area contributed by atoms with Crippen molar-refractivity contribution in [1.82, 2.24) is 0 Å². The summed E-state index contributed by atoms with van der Waals surface area (Å²) in [6.45, 7) is 0.300. The molecule has 4 rings (SSSR count). The Bertz CT molecular complexity index is 1470. The number of carbonyl (C=O) groups is 1. The summed E-state index contributed by atoms with van der Waals surface area (Å²) in [4.78, 5) is 12.8. The Kier molecular flexibility index (Phi) is 5.71. The highest BCUT2D eigenvalue weighted by Gasteiger charge is 2.49. The van der Waals surface area contributed by atoms with Crippen LogP contribution in [0.15, 0.2) is 72.8 Å². The minimum absolute atomic E-state index is 0.0969. The molecular weight excluding hydrogens is 459 g/mol. The van der Waals surface area contributed by atoms with Gasteiger partial charge in [-0.15, -0.1) is 0 Å². The van der Waals surface area contributed by atoms with E-state index >= 15 is 0 Å². The number of alkyl halides is 3. The molecule has 0 N–H and O–H groups in total. The molecule has 0 radical (unpaired) electrons. The molecular formula is C23H17F3NO5S+. The molecule has 0 amide bonds. The first kappa shape index (κ1) is 22.5. The van der Waals surface area contributed by atoms with Crippen molar-refractivity contribution in [2.75, 3.05) is 7.11 Å². The van der Waals surface area contributed by atoms with Crippen LogP contribution in [0.25, 0.3) is 21.8 Å². The Morgan fingerprint density at radius 1 is 0.909 bits per heavy atom. The number of benzene rings is 3. The monoisotopic (exact) mass is 476 g/mol. The van der Waals surface area contributed by atoms with Crippen LogP contribution in [0.5, 0.6) is 5.75 Å². The molecule has 4 aromatic rings. The van der Waals surface area contributed by atoms with Crippen LogP contribution in [-0.4, -0.2) is 27.0 Å². The maximum absolute atomic E-state index is 13.1. The lowest BCUT2D eigenvalue weighted by Crippen LogP contribution is -2.37. The maximum atomic E-state index is 13.1. The van der Waals surface area contributed by atoms with Crippen LogP contribution in [-0.2, 0) is 21.4 Å². The van der Waals surface area contributed by atoms with Crippen molar-refractivity contribution in [2.24, 2.45) is 0 Å². The summed E-state index contributed by atoms with van der Waals surface area (Å²) >= 11 is 0. The van der Waals surface area contributed by atoms with Crippen LogP contribution < -0.4 is 8.75 Å². The van der Waals surface area contributed by atoms with Gasteiger partial charge in [0.15, 0.2) is 12.3 Å². The van der Waals surface area contributed by atoms with Crippen molar-refractivity contribution in [1.29, 1.82) is 0 Å². The highest BCUT2D eigenvalue weighted by Crippen LogP contribution is 2.36. The van der Waals surface area contributed by atoms with Crippen LogP contribution in [0.2, 0.25) is 0 Å². The lowest BCUT2D eigenvalue weighted by molar-refractivity contribution is -0.635. The van der Waals surface area contributed by atoms with Crippen LogP contribution in [0.1, 0.15) is 15.9 Å². The van der Waals surface area contributed by atoms with E-state index in [2.05, 4.69) is 4.18 Å². The van der Waals surface area contributed by atoms with Gasteiger partial charge in [0.25, 0.3) is 0 Å². The molecule has 6 nitrogen and oxygen atoms in total. The number of halogens is 3. The maximum Gasteiger partial charge on any atom is 0.534 e. The smallest absolute Gasteiger partial charge is 0.465 e. The number of hydrogen-bond donors (Lipinski definition) is 0. The lowest BCUT2D eigenvalue weighted by Gasteiger charge is -2.15. The summed E-state index contributed by atoms with van der Waals surface area (Å²) in [5, 5.41) is 0.264. The number of fused-ring (bicyclic) bond motifs is 2. The minimum Gasteiger partial charge on any atom is -0.465 e. The molecule has 3 aromatic carbocycles. The second kappa shape index (κ2) is 8.36. The van der Waals surface area contributed by atoms with Crippen molar-refractivity contribution < 1.29 is 39.9 Å². The van der Waals surface area contributed by atoms with Crippen LogP contribution in [0.3, 0.4) is 0 Å². The molecule has 0 aliphatic carbocycles. The number of esters is 1. The lowest BCUT2D eigenvalue weighted by atomic mass is 10.0. The Labute approximate surface area is 186 Å². The molecule has 1 heterocycles. The molecule has 0 aliphatic rings. The molecule has 0 bridgehead atoms. The van der Waals surface area contributed by atoms with Gasteiger partial charge in [-0.05, 0) is 12.1 Å². The molecule has 0 fully saturated rings. The third-order valence-electron chi connectivity index (χ3n) is 5.07. The van der Waals surface area contributed by atoms with Gasteiger partial charge in [-0.25, -0.2) is 4.79 Å². The Morgan fingerprint density at radius 2 is 1.55 bits per heavy atom. The summed E-state index contributed by atoms with van der Waals surface area (Å²) in [6, 6.07) is 20.0. The average Bonchev–Trinajstić information content (AvgIpc) is 2.78. The molecule has 0 saturated heterocycles. The standard InChI is InChI=1S/C23H17F3NO5S/c1-31-22(28)20-16-10-5-6-11-17(16)27(14-15-8-3-2-4-9-15)18-12-7-13-19(21(18)20)32-33(29,30)23(24,25)26/h2-13H,14H2,1H3/q+1. The summed E-state index contributed by atoms with van der Waals surface area (Å²) in [5.74, 6) is -1.47. The predicted octanol–water partition coefficient (Wildman–Crippen LogP) is 4.34. The Balaban J connectivity index is 2.11. The zero-order chi connectivity index (χ0) is 23.8. The van der Waals surface area contributed by atoms with Gasteiger partial charge < -0.3 is 8.92 Å². The Morgan fingerprint density at radius 3 is 2.21 bits per heavy atom. The number of hydrogen-bond acceptors (Lipinski definition) is 5. The predicted molar refractivity (Wildman–Crippen MR) is 114 cm³/mol. The van der Waals surface area contributed by atoms with Gasteiger partial charge in [0.05, 0.1) is 18.1 Å². The molecule has 0 atom stereocenters. The Hall–Kier alpha value is -3.66. The largest absolute Gasteiger partial charge is 0.534 e. The number of carbonyl (C=O) groups excluding carboxylic acids is 1. The van der Waals surface area contributed by atoms with Gasteiger partial charge in [0.2, 0.25) is 11.0 Å². The SMILES string of the molecule is COC(=O)c1c2ccccc2[n+](Cc2ccccc2)c2cccc(OS(=O)(=O)C(F)(F)F)c12. The van der Waals surface area contributed by atoms with Gasteiger partial charge in [0.1, 0.15) is 5.39 Å². The fourth-order valence-corrected chi connectivity index (χ4v) is 4.14. The summed E-state index contributed by atoms with van der Waals surface area (Å²) in [6.07, 6.45) is 0. The molecule has 0 aliphatic heterocycles. The average molecular weight is 476 g/mol. The van der Waals surface area contributed by atoms with E-state index in [1.807, 2.05) is 30.3 Å². The number of ether oxygens (including phenoxy) is 1. The minimum atomic E-state index is -5.98. The number of methoxy groups -OCH3 is 1. The molecule has 0 unspecified atom stereocenters. The first-order valence-corrected chi connectivity index (χ1v) is 11.0. The van der Waals surface area contributed by atoms with Crippen LogP contribution in [0.4, 0.5) is 13.2 Å². The molecule has 10 heteroatoms. The first-order valence-electron chi connectivity index (χ1n) is 9.64. The third kappa shape index (κ3) is 4.09. The number of aromatic nitrogens is 1. The van der Waals surface area contributed by atoms with Crippen molar-refractivity contribution >= 4 is 37.9 Å². The summed E-state index contributed by atoms with van der Waals surface area (Å²) in [7, 11) is -4.85. The van der Waals surface area contributed by atoms with Crippen molar-refractivity contribution in [3.8, 4) is 5.75 Å². The second-order valence-electron chi connectivity index (χ2n) is 7.09. The van der Waals surface area contributed by atoms with E-state index in [0.717, 1.165) is 18.7 Å². The zero-order valence-corrected chi connectivity index (χ0v) is 18.0. The topological polar surface area (TPSA) is 73.5 Å². The van der Waals surface area contributed by atoms with E-state index in [-0.39, 0.29) is 10.9 Å². The summed E-state index contributed by atoms with van der Waals surface area (Å²) < 4.78 is 73.9. The van der Waals surface area contributed by atoms with E-state index in [9.17, 15) is 26.4 Å². The third-order valence-corrected chi connectivity index (χ3v) is 6.03. The molecule has 0 spiro atoms. The van der Waals surface area contributed by atoms with E-state index in [4.69, 9.17) is 4.74 Å². The molecule has 170 valence electrons. The summed E-state index contributed by atoms with van der Waals surface area (Å²) in [5.41, 5.74) is -3.95. The first-order chi connectivity index (χ1) is 15.6. The number of rotatable bonds is 5. The normalized spacial score (nSPS) is 12.1. The quantitative estimate of drug-likeness (QED) is 0.141. The van der Waals surface area contributed by atoms with Gasteiger partial charge in [-0.2, -0.15) is 26.2 Å². The molecule has 33 heavy (non-hydrogen) atoms. The second-order valence-corrected chi connectivity index (χ2v) is 8.63. The number of nitrogens with zero attached hydrogens (tertiary/aromatic N) is 1. The van der Waals surface area contributed by atoms with E-state index in [0.29, 0.717) is 23.0 Å². The van der Waals surface area contributed by atoms with E-state index < -0.39 is 27.3 Å². The van der Waals surface area contributed by atoms with Crippen LogP contribution in [0, 0.1) is 0 Å².